The Morgan fingerprint density at radius 2 is 1.83 bits per heavy atom. The fraction of sp³-hybridized carbons (Fsp3) is 0.435. The van der Waals surface area contributed by atoms with Gasteiger partial charge in [-0.25, -0.2) is 4.98 Å². The maximum Gasteiger partial charge on any atom is 0.307 e. The fourth-order valence-corrected chi connectivity index (χ4v) is 5.53. The van der Waals surface area contributed by atoms with E-state index in [0.717, 1.165) is 29.0 Å². The van der Waals surface area contributed by atoms with Crippen LogP contribution in [0.5, 0.6) is 0 Å². The van der Waals surface area contributed by atoms with E-state index < -0.39 is 17.8 Å². The number of aryl methyl sites for hydroxylation is 1. The number of hydrogen-bond acceptors (Lipinski definition) is 4. The summed E-state index contributed by atoms with van der Waals surface area (Å²) in [5.41, 5.74) is 3.19. The first kappa shape index (κ1) is 19.8. The second kappa shape index (κ2) is 7.75. The highest BCUT2D eigenvalue weighted by atomic mass is 32.1. The lowest BCUT2D eigenvalue weighted by Crippen LogP contribution is -2.36. The van der Waals surface area contributed by atoms with Crippen LogP contribution in [0.1, 0.15) is 30.7 Å². The number of benzene rings is 1. The van der Waals surface area contributed by atoms with Crippen molar-refractivity contribution in [1.29, 1.82) is 0 Å². The monoisotopic (exact) mass is 410 g/mol. The van der Waals surface area contributed by atoms with Crippen LogP contribution in [0, 0.1) is 36.5 Å². The molecule has 1 amide bonds. The molecule has 5 nitrogen and oxygen atoms in total. The molecule has 0 spiro atoms. The molecule has 152 valence electrons. The van der Waals surface area contributed by atoms with Gasteiger partial charge in [0.1, 0.15) is 0 Å². The Bertz CT molecular complexity index is 961. The fourth-order valence-electron chi connectivity index (χ4n) is 4.69. The number of nitrogens with one attached hydrogen (secondary N) is 1. The van der Waals surface area contributed by atoms with Crippen molar-refractivity contribution in [2.45, 2.75) is 33.6 Å². The van der Waals surface area contributed by atoms with E-state index in [1.807, 2.05) is 19.1 Å². The lowest BCUT2D eigenvalue weighted by Gasteiger charge is -2.23. The van der Waals surface area contributed by atoms with Gasteiger partial charge in [-0.3, -0.25) is 9.59 Å². The van der Waals surface area contributed by atoms with Crippen LogP contribution in [0.25, 0.3) is 11.3 Å². The van der Waals surface area contributed by atoms with E-state index in [-0.39, 0.29) is 17.7 Å². The number of carboxylic acid groups (broad SMARTS) is 1. The van der Waals surface area contributed by atoms with Crippen molar-refractivity contribution < 1.29 is 14.7 Å². The number of allylic oxidation sites excluding steroid dienone is 2. The predicted molar refractivity (Wildman–Crippen MR) is 115 cm³/mol. The molecule has 2 aliphatic rings. The first-order chi connectivity index (χ1) is 13.8. The van der Waals surface area contributed by atoms with Gasteiger partial charge >= 0.3 is 5.97 Å². The van der Waals surface area contributed by atoms with E-state index >= 15 is 0 Å². The van der Waals surface area contributed by atoms with Crippen molar-refractivity contribution in [2.75, 3.05) is 5.32 Å². The van der Waals surface area contributed by atoms with Gasteiger partial charge in [0.25, 0.3) is 0 Å². The SMILES string of the molecule is Cc1sc(NC(=O)[C@@H]2[C@@H](C(=O)O)[C@H]3C=C[C@H]2C3)nc1-c1ccc(CC(C)C)cc1. The van der Waals surface area contributed by atoms with Gasteiger partial charge in [0.15, 0.2) is 5.13 Å². The summed E-state index contributed by atoms with van der Waals surface area (Å²) >= 11 is 1.43. The van der Waals surface area contributed by atoms with Crippen LogP contribution in [-0.4, -0.2) is 22.0 Å². The molecule has 1 saturated carbocycles. The lowest BCUT2D eigenvalue weighted by molar-refractivity contribution is -0.146. The number of carboxylic acids is 1. The Balaban J connectivity index is 1.50. The highest BCUT2D eigenvalue weighted by molar-refractivity contribution is 7.16. The number of hydrogen-bond donors (Lipinski definition) is 2. The van der Waals surface area contributed by atoms with Crippen LogP contribution in [0.2, 0.25) is 0 Å². The molecule has 0 unspecified atom stereocenters. The quantitative estimate of drug-likeness (QED) is 0.672. The summed E-state index contributed by atoms with van der Waals surface area (Å²) in [6.45, 7) is 6.40. The van der Waals surface area contributed by atoms with Crippen LogP contribution in [0.4, 0.5) is 5.13 Å². The average Bonchev–Trinajstić information content (AvgIpc) is 3.36. The maximum absolute atomic E-state index is 12.9. The largest absolute Gasteiger partial charge is 0.481 e. The van der Waals surface area contributed by atoms with Gasteiger partial charge in [0.2, 0.25) is 5.91 Å². The van der Waals surface area contributed by atoms with Gasteiger partial charge in [-0.2, -0.15) is 0 Å². The van der Waals surface area contributed by atoms with Gasteiger partial charge in [-0.05, 0) is 43.1 Å². The molecule has 0 radical (unpaired) electrons. The summed E-state index contributed by atoms with van der Waals surface area (Å²) in [5, 5.41) is 13.0. The number of fused-ring (bicyclic) bond motifs is 2. The van der Waals surface area contributed by atoms with Crippen LogP contribution < -0.4 is 5.32 Å². The number of carbonyl (C=O) groups excluding carboxylic acids is 1. The van der Waals surface area contributed by atoms with Crippen LogP contribution in [0.15, 0.2) is 36.4 Å². The molecular weight excluding hydrogens is 384 g/mol. The minimum Gasteiger partial charge on any atom is -0.481 e. The molecule has 4 rings (SSSR count). The van der Waals surface area contributed by atoms with Crippen molar-refractivity contribution in [3.63, 3.8) is 0 Å². The van der Waals surface area contributed by atoms with E-state index in [1.165, 1.54) is 16.9 Å². The van der Waals surface area contributed by atoms with Gasteiger partial charge in [-0.15, -0.1) is 11.3 Å². The molecule has 0 aliphatic heterocycles. The molecule has 0 saturated heterocycles. The standard InChI is InChI=1S/C23H26N2O3S/c1-12(2)10-14-4-6-15(7-5-14)20-13(3)29-23(24-20)25-21(26)18-16-8-9-17(11-16)19(18)22(27)28/h4-9,12,16-19H,10-11H2,1-3H3,(H,27,28)(H,24,25,26)/t16-,17-,18-,19-/m0/s1. The summed E-state index contributed by atoms with van der Waals surface area (Å²) in [6.07, 6.45) is 5.73. The van der Waals surface area contributed by atoms with Gasteiger partial charge in [-0.1, -0.05) is 50.3 Å². The molecule has 2 bridgehead atoms. The second-order valence-corrected chi connectivity index (χ2v) is 9.75. The van der Waals surface area contributed by atoms with Crippen LogP contribution >= 0.6 is 11.3 Å². The number of rotatable bonds is 6. The van der Waals surface area contributed by atoms with Crippen molar-refractivity contribution in [3.05, 3.63) is 46.9 Å². The smallest absolute Gasteiger partial charge is 0.307 e. The molecule has 29 heavy (non-hydrogen) atoms. The van der Waals surface area contributed by atoms with Crippen molar-refractivity contribution in [3.8, 4) is 11.3 Å². The molecule has 2 aromatic rings. The maximum atomic E-state index is 12.9. The second-order valence-electron chi connectivity index (χ2n) is 8.55. The Labute approximate surface area is 174 Å². The molecule has 2 aliphatic carbocycles. The van der Waals surface area contributed by atoms with Gasteiger partial charge in [0, 0.05) is 10.4 Å². The minimum absolute atomic E-state index is 0.00938. The number of thiazole rings is 1. The third kappa shape index (κ3) is 3.86. The van der Waals surface area contributed by atoms with Crippen LogP contribution in [-0.2, 0) is 16.0 Å². The Morgan fingerprint density at radius 3 is 2.45 bits per heavy atom. The van der Waals surface area contributed by atoms with E-state index in [4.69, 9.17) is 0 Å². The van der Waals surface area contributed by atoms with E-state index in [0.29, 0.717) is 11.0 Å². The Hall–Kier alpha value is -2.47. The number of amides is 1. The predicted octanol–water partition coefficient (Wildman–Crippen LogP) is 4.78. The zero-order chi connectivity index (χ0) is 20.7. The normalized spacial score (nSPS) is 25.0. The first-order valence-electron chi connectivity index (χ1n) is 10.1. The molecule has 1 heterocycles. The molecule has 1 aromatic carbocycles. The molecular formula is C23H26N2O3S. The molecule has 1 aromatic heterocycles. The topological polar surface area (TPSA) is 79.3 Å². The summed E-state index contributed by atoms with van der Waals surface area (Å²) < 4.78 is 0. The third-order valence-electron chi connectivity index (χ3n) is 5.95. The lowest BCUT2D eigenvalue weighted by atomic mass is 9.82. The van der Waals surface area contributed by atoms with Crippen LogP contribution in [0.3, 0.4) is 0 Å². The number of carbonyl (C=O) groups is 2. The number of aromatic nitrogens is 1. The minimum atomic E-state index is -0.889. The van der Waals surface area contributed by atoms with Crippen molar-refractivity contribution in [1.82, 2.24) is 4.98 Å². The van der Waals surface area contributed by atoms with Crippen molar-refractivity contribution >= 4 is 28.3 Å². The number of anilines is 1. The third-order valence-corrected chi connectivity index (χ3v) is 6.83. The Kier molecular flexibility index (Phi) is 5.30. The number of aliphatic carboxylic acids is 1. The van der Waals surface area contributed by atoms with E-state index in [9.17, 15) is 14.7 Å². The molecule has 4 atom stereocenters. The van der Waals surface area contributed by atoms with E-state index in [2.05, 4.69) is 48.4 Å². The summed E-state index contributed by atoms with van der Waals surface area (Å²) in [4.78, 5) is 30.2. The molecule has 1 fully saturated rings. The summed E-state index contributed by atoms with van der Waals surface area (Å²) in [6, 6.07) is 8.41. The number of nitrogens with zero attached hydrogens (tertiary/aromatic N) is 1. The molecule has 6 heteroatoms. The highest BCUT2D eigenvalue weighted by Crippen LogP contribution is 2.48. The average molecular weight is 411 g/mol. The summed E-state index contributed by atoms with van der Waals surface area (Å²) in [7, 11) is 0. The zero-order valence-electron chi connectivity index (χ0n) is 16.9. The summed E-state index contributed by atoms with van der Waals surface area (Å²) in [5.74, 6) is -1.70. The first-order valence-corrected chi connectivity index (χ1v) is 10.9. The van der Waals surface area contributed by atoms with E-state index in [1.54, 1.807) is 0 Å². The van der Waals surface area contributed by atoms with Gasteiger partial charge < -0.3 is 10.4 Å². The Morgan fingerprint density at radius 1 is 1.17 bits per heavy atom. The van der Waals surface area contributed by atoms with Gasteiger partial charge in [0.05, 0.1) is 17.5 Å². The highest BCUT2D eigenvalue weighted by Gasteiger charge is 2.51. The zero-order valence-corrected chi connectivity index (χ0v) is 17.7. The van der Waals surface area contributed by atoms with Crippen molar-refractivity contribution in [2.24, 2.45) is 29.6 Å². The molecule has 2 N–H and O–H groups in total.